The maximum atomic E-state index is 14.8. The first-order valence-electron chi connectivity index (χ1n) is 24.3. The van der Waals surface area contributed by atoms with Crippen molar-refractivity contribution in [3.63, 3.8) is 0 Å². The zero-order valence-electron chi connectivity index (χ0n) is 43.8. The number of alkyl halides is 6. The number of amides is 8. The van der Waals surface area contributed by atoms with Gasteiger partial charge in [0.05, 0.1) is 61.4 Å². The van der Waals surface area contributed by atoms with E-state index in [1.54, 1.807) is 27.7 Å². The van der Waals surface area contributed by atoms with Gasteiger partial charge >= 0.3 is 18.3 Å². The highest BCUT2D eigenvalue weighted by Crippen LogP contribution is 2.50. The number of carboxylic acid groups (broad SMARTS) is 1. The van der Waals surface area contributed by atoms with Gasteiger partial charge in [-0.15, -0.1) is 0 Å². The third-order valence-electron chi connectivity index (χ3n) is 16.1. The minimum atomic E-state index is -4.91. The Morgan fingerprint density at radius 1 is 0.392 bits per heavy atom. The molecule has 0 bridgehead atoms. The molecular formula is C59H46F6N4O10. The number of carbonyl (C=O) groups excluding carboxylic acids is 8. The number of nitrogens with zero attached hydrogens (tertiary/aromatic N) is 4. The number of hydrogen-bond donors (Lipinski definition) is 1. The molecule has 4 aliphatic rings. The molecule has 4 heterocycles. The number of fused-ring (bicyclic) bond motifs is 4. The summed E-state index contributed by atoms with van der Waals surface area (Å²) in [6, 6.07) is 18.0. The second-order valence-electron chi connectivity index (χ2n) is 20.4. The van der Waals surface area contributed by atoms with Crippen LogP contribution in [0.25, 0.3) is 0 Å². The number of benzene rings is 6. The lowest BCUT2D eigenvalue weighted by Crippen LogP contribution is -2.41. The molecule has 0 saturated heterocycles. The van der Waals surface area contributed by atoms with Crippen LogP contribution >= 0.6 is 0 Å². The van der Waals surface area contributed by atoms with Crippen molar-refractivity contribution in [3.8, 4) is 0 Å². The number of hydrogen-bond acceptors (Lipinski definition) is 9. The van der Waals surface area contributed by atoms with Gasteiger partial charge in [-0.2, -0.15) is 26.3 Å². The Bertz CT molecular complexity index is 3860. The van der Waals surface area contributed by atoms with Crippen molar-refractivity contribution in [2.24, 2.45) is 0 Å². The molecule has 14 nitrogen and oxygen atoms in total. The van der Waals surface area contributed by atoms with Crippen molar-refractivity contribution in [1.29, 1.82) is 0 Å². The summed E-state index contributed by atoms with van der Waals surface area (Å²) < 4.78 is 88.8. The van der Waals surface area contributed by atoms with E-state index in [1.165, 1.54) is 56.6 Å². The van der Waals surface area contributed by atoms with Crippen LogP contribution in [0, 0.1) is 41.5 Å². The molecule has 10 rings (SSSR count). The molecule has 404 valence electrons. The number of carboxylic acids is 1. The van der Waals surface area contributed by atoms with Crippen molar-refractivity contribution in [1.82, 2.24) is 9.80 Å². The van der Waals surface area contributed by atoms with Crippen LogP contribution in [0.15, 0.2) is 91.0 Å². The molecule has 0 aromatic heterocycles. The number of imide groups is 4. The summed E-state index contributed by atoms with van der Waals surface area (Å²) in [4.78, 5) is 118. The van der Waals surface area contributed by atoms with Crippen LogP contribution in [0.1, 0.15) is 163 Å². The van der Waals surface area contributed by atoms with Gasteiger partial charge in [-0.05, 0) is 172 Å². The third-order valence-corrected chi connectivity index (χ3v) is 16.1. The monoisotopic (exact) mass is 1080 g/mol. The number of halogens is 6. The van der Waals surface area contributed by atoms with E-state index in [4.69, 9.17) is 0 Å². The molecule has 6 aromatic rings. The number of carbonyl (C=O) groups is 9. The number of aromatic carboxylic acids is 1. The fourth-order valence-corrected chi connectivity index (χ4v) is 10.7. The first-order valence-corrected chi connectivity index (χ1v) is 24.3. The van der Waals surface area contributed by atoms with E-state index in [0.717, 1.165) is 92.6 Å². The molecular weight excluding hydrogens is 1040 g/mol. The SMILES string of the molecule is Cc1cc(C(=O)O)cc(N2C(=O)c3ccc(C(C)(c4ccc5c(c4)C(=O)N(C)C5=O)C(F)(F)F)cc3C2=O)c1C.Cc1cc(C)c(N2C(=O)c3ccc(C(C)(c4ccc5c(c4)C(=O)N(C)C5=O)C(F)(F)F)cc3C2=O)c(C)c1C. The molecule has 0 fully saturated rings. The normalized spacial score (nSPS) is 16.5. The fraction of sp³-hybridized carbons (Fsp3) is 0.237. The highest BCUT2D eigenvalue weighted by molar-refractivity contribution is 6.36. The van der Waals surface area contributed by atoms with E-state index in [0.29, 0.717) is 22.4 Å². The minimum absolute atomic E-state index is 0.0135. The molecule has 0 spiro atoms. The Morgan fingerprint density at radius 3 is 1.09 bits per heavy atom. The van der Waals surface area contributed by atoms with Gasteiger partial charge in [0.1, 0.15) is 10.8 Å². The zero-order valence-corrected chi connectivity index (χ0v) is 43.8. The molecule has 0 saturated carbocycles. The second kappa shape index (κ2) is 18.3. The average molecular weight is 1090 g/mol. The lowest BCUT2D eigenvalue weighted by molar-refractivity contribution is -0.173. The fourth-order valence-electron chi connectivity index (χ4n) is 10.7. The van der Waals surface area contributed by atoms with Crippen LogP contribution < -0.4 is 9.80 Å². The molecule has 0 aliphatic carbocycles. The Hall–Kier alpha value is -9.07. The van der Waals surface area contributed by atoms with Gasteiger partial charge in [0.15, 0.2) is 0 Å². The molecule has 1 N–H and O–H groups in total. The van der Waals surface area contributed by atoms with Crippen molar-refractivity contribution in [3.05, 3.63) is 197 Å². The predicted molar refractivity (Wildman–Crippen MR) is 274 cm³/mol. The van der Waals surface area contributed by atoms with Crippen LogP contribution in [-0.2, 0) is 10.8 Å². The van der Waals surface area contributed by atoms with E-state index in [9.17, 15) is 74.6 Å². The van der Waals surface area contributed by atoms with E-state index in [1.807, 2.05) is 19.9 Å². The number of aryl methyl sites for hydroxylation is 3. The van der Waals surface area contributed by atoms with Gasteiger partial charge in [0, 0.05) is 14.1 Å². The summed E-state index contributed by atoms with van der Waals surface area (Å²) in [5.74, 6) is -6.90. The summed E-state index contributed by atoms with van der Waals surface area (Å²) in [5, 5.41) is 9.45. The van der Waals surface area contributed by atoms with E-state index in [2.05, 4.69) is 0 Å². The highest BCUT2D eigenvalue weighted by atomic mass is 19.4. The summed E-state index contributed by atoms with van der Waals surface area (Å²) in [6.45, 7) is 12.5. The van der Waals surface area contributed by atoms with Crippen molar-refractivity contribution in [2.75, 3.05) is 23.9 Å². The smallest absolute Gasteiger partial charge is 0.402 e. The Kier molecular flexibility index (Phi) is 12.7. The van der Waals surface area contributed by atoms with Gasteiger partial charge in [-0.1, -0.05) is 30.3 Å². The summed E-state index contributed by atoms with van der Waals surface area (Å²) in [7, 11) is 2.50. The van der Waals surface area contributed by atoms with Crippen molar-refractivity contribution >= 4 is 64.6 Å². The molecule has 2 atom stereocenters. The maximum Gasteiger partial charge on any atom is 0.402 e. The zero-order chi connectivity index (χ0) is 58.2. The molecule has 6 aromatic carbocycles. The second-order valence-corrected chi connectivity index (χ2v) is 20.4. The number of rotatable bonds is 7. The summed E-state index contributed by atoms with van der Waals surface area (Å²) in [6.07, 6.45) is -9.76. The Morgan fingerprint density at radius 2 is 0.709 bits per heavy atom. The summed E-state index contributed by atoms with van der Waals surface area (Å²) >= 11 is 0. The average Bonchev–Trinajstić information content (AvgIpc) is 4.18. The van der Waals surface area contributed by atoms with Crippen LogP contribution in [0.3, 0.4) is 0 Å². The van der Waals surface area contributed by atoms with E-state index in [-0.39, 0.29) is 78.0 Å². The molecule has 79 heavy (non-hydrogen) atoms. The van der Waals surface area contributed by atoms with Gasteiger partial charge < -0.3 is 5.11 Å². The summed E-state index contributed by atoms with van der Waals surface area (Å²) in [5.41, 5.74) is -2.78. The molecule has 0 radical (unpaired) electrons. The molecule has 8 amide bonds. The van der Waals surface area contributed by atoms with Crippen molar-refractivity contribution in [2.45, 2.75) is 78.6 Å². The van der Waals surface area contributed by atoms with Crippen molar-refractivity contribution < 1.29 is 74.6 Å². The van der Waals surface area contributed by atoms with Gasteiger partial charge in [-0.25, -0.2) is 14.6 Å². The first-order chi connectivity index (χ1) is 36.7. The highest BCUT2D eigenvalue weighted by Gasteiger charge is 2.56. The first kappa shape index (κ1) is 54.7. The van der Waals surface area contributed by atoms with Crippen LogP contribution in [0.4, 0.5) is 37.7 Å². The van der Waals surface area contributed by atoms with Crippen LogP contribution in [-0.4, -0.2) is 94.6 Å². The minimum Gasteiger partial charge on any atom is -0.478 e. The maximum absolute atomic E-state index is 14.8. The van der Waals surface area contributed by atoms with Gasteiger partial charge in [0.2, 0.25) is 0 Å². The predicted octanol–water partition coefficient (Wildman–Crippen LogP) is 10.7. The van der Waals surface area contributed by atoms with E-state index >= 15 is 0 Å². The van der Waals surface area contributed by atoms with E-state index < -0.39 is 76.4 Å². The standard InChI is InChI=1S/C30H25F3N2O4.C29H21F3N2O6/c1-14-11-15(2)24(17(4)16(14)3)35-27(38)21-10-8-19(13-23(21)28(35)39)29(5,30(31,32)33)18-7-9-20-22(12-18)26(37)34(6)25(20)36;1-13-9-15(27(39)40)10-22(14(13)2)34-25(37)19-8-6-17(12-21(19)26(34)38)28(3,29(30,31)32)16-5-7-18-20(11-16)24(36)33(4)23(18)35/h7-13H,1-6H3;5-12H,1-4H3,(H,39,40). The largest absolute Gasteiger partial charge is 0.478 e. The topological polar surface area (TPSA) is 187 Å². The molecule has 4 aliphatic heterocycles. The lowest BCUT2D eigenvalue weighted by atomic mass is 9.74. The quantitative estimate of drug-likeness (QED) is 0.119. The number of anilines is 2. The lowest BCUT2D eigenvalue weighted by Gasteiger charge is -2.33. The molecule has 2 unspecified atom stereocenters. The Balaban J connectivity index is 0.000000192. The molecule has 20 heteroatoms. The van der Waals surface area contributed by atoms with Crippen LogP contribution in [0.2, 0.25) is 0 Å². The Labute approximate surface area is 446 Å². The van der Waals surface area contributed by atoms with Crippen LogP contribution in [0.5, 0.6) is 0 Å². The van der Waals surface area contributed by atoms with Gasteiger partial charge in [-0.3, -0.25) is 48.2 Å². The third kappa shape index (κ3) is 7.96. The van der Waals surface area contributed by atoms with Gasteiger partial charge in [0.25, 0.3) is 47.3 Å².